The lowest BCUT2D eigenvalue weighted by Crippen LogP contribution is -2.46. The molecule has 1 aliphatic heterocycles. The van der Waals surface area contributed by atoms with Gasteiger partial charge in [0.25, 0.3) is 0 Å². The molecule has 4 nitrogen and oxygen atoms in total. The number of carbonyl (C=O) groups is 2. The largest absolute Gasteiger partial charge is 0.464 e. The number of hydrogen-bond donors (Lipinski definition) is 0. The second-order valence-electron chi connectivity index (χ2n) is 6.89. The first-order valence-electron chi connectivity index (χ1n) is 9.16. The van der Waals surface area contributed by atoms with Crippen LogP contribution in [-0.4, -0.2) is 40.6 Å². The Bertz CT molecular complexity index is 561. The van der Waals surface area contributed by atoms with Crippen molar-refractivity contribution in [2.24, 2.45) is 5.92 Å². The van der Waals surface area contributed by atoms with Crippen molar-refractivity contribution in [3.05, 3.63) is 35.9 Å². The monoisotopic (exact) mass is 363 g/mol. The van der Waals surface area contributed by atoms with E-state index in [1.165, 1.54) is 0 Å². The Morgan fingerprint density at radius 1 is 1.28 bits per heavy atom. The summed E-state index contributed by atoms with van der Waals surface area (Å²) in [5.41, 5.74) is 1.15. The fraction of sp³-hybridized carbons (Fsp3) is 0.600. The summed E-state index contributed by atoms with van der Waals surface area (Å²) in [4.78, 5) is 27.1. The van der Waals surface area contributed by atoms with E-state index in [1.54, 1.807) is 16.7 Å². The first-order valence-corrected chi connectivity index (χ1v) is 10.2. The molecule has 1 saturated heterocycles. The third kappa shape index (κ3) is 5.77. The number of aryl methyl sites for hydroxylation is 1. The van der Waals surface area contributed by atoms with Crippen LogP contribution >= 0.6 is 11.8 Å². The van der Waals surface area contributed by atoms with Crippen LogP contribution in [0.1, 0.15) is 45.6 Å². The average molecular weight is 364 g/mol. The molecule has 1 aliphatic rings. The minimum atomic E-state index is -0.441. The Morgan fingerprint density at radius 3 is 2.64 bits per heavy atom. The third-order valence-electron chi connectivity index (χ3n) is 4.24. The molecular weight excluding hydrogens is 334 g/mol. The SMILES string of the molecule is CCCOC(=O)C1CSC(CC(C)C)N1C(=O)CCc1ccccc1. The number of amides is 1. The highest BCUT2D eigenvalue weighted by Crippen LogP contribution is 2.34. The Kier molecular flexibility index (Phi) is 7.82. The first kappa shape index (κ1) is 19.8. The van der Waals surface area contributed by atoms with Gasteiger partial charge in [-0.25, -0.2) is 4.79 Å². The van der Waals surface area contributed by atoms with E-state index in [9.17, 15) is 9.59 Å². The summed E-state index contributed by atoms with van der Waals surface area (Å²) >= 11 is 1.70. The van der Waals surface area contributed by atoms with Gasteiger partial charge in [0.05, 0.1) is 12.0 Å². The molecule has 138 valence electrons. The van der Waals surface area contributed by atoms with Gasteiger partial charge in [-0.2, -0.15) is 0 Å². The van der Waals surface area contributed by atoms with Crippen LogP contribution in [0.5, 0.6) is 0 Å². The second-order valence-corrected chi connectivity index (χ2v) is 8.10. The predicted octanol–water partition coefficient (Wildman–Crippen LogP) is 3.89. The summed E-state index contributed by atoms with van der Waals surface area (Å²) in [6, 6.07) is 9.56. The smallest absolute Gasteiger partial charge is 0.329 e. The van der Waals surface area contributed by atoms with Gasteiger partial charge >= 0.3 is 5.97 Å². The number of hydrogen-bond acceptors (Lipinski definition) is 4. The maximum absolute atomic E-state index is 12.9. The van der Waals surface area contributed by atoms with E-state index in [-0.39, 0.29) is 17.3 Å². The Morgan fingerprint density at radius 2 is 2.00 bits per heavy atom. The van der Waals surface area contributed by atoms with E-state index in [0.29, 0.717) is 31.1 Å². The first-order chi connectivity index (χ1) is 12.0. The van der Waals surface area contributed by atoms with Crippen LogP contribution in [0.2, 0.25) is 0 Å². The molecule has 2 rings (SSSR count). The summed E-state index contributed by atoms with van der Waals surface area (Å²) in [6.45, 7) is 6.69. The molecule has 0 bridgehead atoms. The van der Waals surface area contributed by atoms with E-state index < -0.39 is 6.04 Å². The van der Waals surface area contributed by atoms with Crippen LogP contribution in [0.4, 0.5) is 0 Å². The topological polar surface area (TPSA) is 46.6 Å². The molecule has 1 aromatic rings. The minimum Gasteiger partial charge on any atom is -0.464 e. The van der Waals surface area contributed by atoms with Crippen molar-refractivity contribution in [2.75, 3.05) is 12.4 Å². The zero-order chi connectivity index (χ0) is 18.2. The maximum Gasteiger partial charge on any atom is 0.329 e. The van der Waals surface area contributed by atoms with Gasteiger partial charge in [0.15, 0.2) is 0 Å². The normalized spacial score (nSPS) is 20.1. The van der Waals surface area contributed by atoms with E-state index in [4.69, 9.17) is 4.74 Å². The molecule has 0 radical (unpaired) electrons. The van der Waals surface area contributed by atoms with Crippen molar-refractivity contribution >= 4 is 23.6 Å². The van der Waals surface area contributed by atoms with Gasteiger partial charge in [-0.05, 0) is 30.7 Å². The van der Waals surface area contributed by atoms with Crippen molar-refractivity contribution < 1.29 is 14.3 Å². The molecule has 0 aliphatic carbocycles. The number of rotatable bonds is 8. The zero-order valence-corrected chi connectivity index (χ0v) is 16.3. The highest BCUT2D eigenvalue weighted by atomic mass is 32.2. The number of carbonyl (C=O) groups excluding carboxylic acids is 2. The van der Waals surface area contributed by atoms with Crippen LogP contribution in [0, 0.1) is 5.92 Å². The zero-order valence-electron chi connectivity index (χ0n) is 15.4. The molecule has 0 spiro atoms. The summed E-state index contributed by atoms with van der Waals surface area (Å²) < 4.78 is 5.33. The van der Waals surface area contributed by atoms with Crippen molar-refractivity contribution in [3.8, 4) is 0 Å². The third-order valence-corrected chi connectivity index (χ3v) is 5.56. The highest BCUT2D eigenvalue weighted by molar-refractivity contribution is 8.00. The van der Waals surface area contributed by atoms with E-state index in [2.05, 4.69) is 13.8 Å². The van der Waals surface area contributed by atoms with Crippen LogP contribution < -0.4 is 0 Å². The summed E-state index contributed by atoms with van der Waals surface area (Å²) in [7, 11) is 0. The van der Waals surface area contributed by atoms with Crippen molar-refractivity contribution in [2.45, 2.75) is 57.9 Å². The lowest BCUT2D eigenvalue weighted by Gasteiger charge is -2.29. The summed E-state index contributed by atoms with van der Waals surface area (Å²) in [5.74, 6) is 0.913. The van der Waals surface area contributed by atoms with Crippen molar-refractivity contribution in [3.63, 3.8) is 0 Å². The molecule has 25 heavy (non-hydrogen) atoms. The molecule has 1 aromatic carbocycles. The fourth-order valence-electron chi connectivity index (χ4n) is 2.99. The quantitative estimate of drug-likeness (QED) is 0.658. The highest BCUT2D eigenvalue weighted by Gasteiger charge is 2.42. The Hall–Kier alpha value is -1.49. The lowest BCUT2D eigenvalue weighted by molar-refractivity contribution is -0.154. The van der Waals surface area contributed by atoms with Gasteiger partial charge in [0.2, 0.25) is 5.91 Å². The van der Waals surface area contributed by atoms with Gasteiger partial charge in [-0.3, -0.25) is 4.79 Å². The van der Waals surface area contributed by atoms with Crippen LogP contribution in [0.25, 0.3) is 0 Å². The number of nitrogens with zero attached hydrogens (tertiary/aromatic N) is 1. The lowest BCUT2D eigenvalue weighted by atomic mass is 10.1. The molecule has 2 atom stereocenters. The molecule has 0 aromatic heterocycles. The molecule has 1 heterocycles. The summed E-state index contributed by atoms with van der Waals surface area (Å²) in [6.07, 6.45) is 2.82. The molecule has 0 N–H and O–H groups in total. The molecule has 1 amide bonds. The fourth-order valence-corrected chi connectivity index (χ4v) is 4.64. The predicted molar refractivity (Wildman–Crippen MR) is 102 cm³/mol. The number of ether oxygens (including phenoxy) is 1. The molecular formula is C20H29NO3S. The second kappa shape index (κ2) is 9.85. The van der Waals surface area contributed by atoms with E-state index in [0.717, 1.165) is 18.4 Å². The van der Waals surface area contributed by atoms with Gasteiger partial charge in [0, 0.05) is 12.2 Å². The van der Waals surface area contributed by atoms with Crippen LogP contribution in [0.3, 0.4) is 0 Å². The van der Waals surface area contributed by atoms with Gasteiger partial charge in [-0.15, -0.1) is 11.8 Å². The van der Waals surface area contributed by atoms with Gasteiger partial charge < -0.3 is 9.64 Å². The molecule has 1 fully saturated rings. The average Bonchev–Trinajstić information content (AvgIpc) is 3.01. The molecule has 0 saturated carbocycles. The molecule has 5 heteroatoms. The number of benzene rings is 1. The standard InChI is InChI=1S/C20H29NO3S/c1-4-12-24-20(23)17-14-25-19(13-15(2)3)21(17)18(22)11-10-16-8-6-5-7-9-16/h5-9,15,17,19H,4,10-14H2,1-3H3. The van der Waals surface area contributed by atoms with Gasteiger partial charge in [-0.1, -0.05) is 51.1 Å². The number of esters is 1. The maximum atomic E-state index is 12.9. The number of thioether (sulfide) groups is 1. The van der Waals surface area contributed by atoms with E-state index >= 15 is 0 Å². The Labute approximate surface area is 155 Å². The van der Waals surface area contributed by atoms with Crippen molar-refractivity contribution in [1.82, 2.24) is 4.90 Å². The minimum absolute atomic E-state index is 0.0537. The van der Waals surface area contributed by atoms with E-state index in [1.807, 2.05) is 37.3 Å². The molecule has 2 unspecified atom stereocenters. The van der Waals surface area contributed by atoms with Gasteiger partial charge in [0.1, 0.15) is 6.04 Å². The summed E-state index contributed by atoms with van der Waals surface area (Å²) in [5, 5.41) is 0.0717. The van der Waals surface area contributed by atoms with Crippen LogP contribution in [-0.2, 0) is 20.7 Å². The van der Waals surface area contributed by atoms with Crippen molar-refractivity contribution in [1.29, 1.82) is 0 Å². The van der Waals surface area contributed by atoms with Crippen LogP contribution in [0.15, 0.2) is 30.3 Å². The Balaban J connectivity index is 2.04.